The molecule has 1 fully saturated rings. The van der Waals surface area contributed by atoms with Crippen LogP contribution in [-0.4, -0.2) is 16.7 Å². The molecule has 2 aromatic rings. The first-order valence-electron chi connectivity index (χ1n) is 5.95. The van der Waals surface area contributed by atoms with Gasteiger partial charge in [0.1, 0.15) is 11.6 Å². The molecule has 17 heavy (non-hydrogen) atoms. The zero-order valence-electron chi connectivity index (χ0n) is 10.2. The maximum Gasteiger partial charge on any atom is 0.139 e. The van der Waals surface area contributed by atoms with Crippen LogP contribution >= 0.6 is 0 Å². The van der Waals surface area contributed by atoms with Crippen molar-refractivity contribution in [2.24, 2.45) is 7.05 Å². The molecule has 1 aromatic heterocycles. The molecule has 1 aliphatic carbocycles. The summed E-state index contributed by atoms with van der Waals surface area (Å²) in [6.45, 7) is 0. The summed E-state index contributed by atoms with van der Waals surface area (Å²) in [6.07, 6.45) is 4.63. The predicted molar refractivity (Wildman–Crippen MR) is 67.2 cm³/mol. The number of benzene rings is 1. The fraction of sp³-hybridized carbons (Fsp3) is 0.357. The van der Waals surface area contributed by atoms with Crippen LogP contribution in [0.5, 0.6) is 5.75 Å². The van der Waals surface area contributed by atoms with Crippen LogP contribution in [0.15, 0.2) is 30.5 Å². The van der Waals surface area contributed by atoms with Crippen molar-refractivity contribution in [2.75, 3.05) is 7.11 Å². The minimum Gasteiger partial charge on any atom is -0.497 e. The van der Waals surface area contributed by atoms with E-state index in [1.807, 2.05) is 18.3 Å². The van der Waals surface area contributed by atoms with E-state index in [2.05, 4.69) is 28.7 Å². The van der Waals surface area contributed by atoms with Gasteiger partial charge in [-0.1, -0.05) is 0 Å². The van der Waals surface area contributed by atoms with Gasteiger partial charge < -0.3 is 9.30 Å². The highest BCUT2D eigenvalue weighted by atomic mass is 16.5. The lowest BCUT2D eigenvalue weighted by Gasteiger charge is -2.06. The van der Waals surface area contributed by atoms with Gasteiger partial charge in [-0.3, -0.25) is 0 Å². The second-order valence-electron chi connectivity index (χ2n) is 4.57. The minimum absolute atomic E-state index is 0.736. The van der Waals surface area contributed by atoms with Crippen molar-refractivity contribution in [3.8, 4) is 17.1 Å². The molecule has 3 nitrogen and oxygen atoms in total. The normalized spacial score (nSPS) is 14.9. The minimum atomic E-state index is 0.736. The number of nitrogens with zero attached hydrogens (tertiary/aromatic N) is 2. The number of imidazole rings is 1. The lowest BCUT2D eigenvalue weighted by atomic mass is 10.2. The fourth-order valence-corrected chi connectivity index (χ4v) is 2.19. The lowest BCUT2D eigenvalue weighted by Crippen LogP contribution is -1.97. The van der Waals surface area contributed by atoms with Crippen LogP contribution in [0.2, 0.25) is 0 Å². The average Bonchev–Trinajstić information content (AvgIpc) is 3.13. The third-order valence-corrected chi connectivity index (χ3v) is 3.37. The van der Waals surface area contributed by atoms with Crippen LogP contribution in [0.25, 0.3) is 11.4 Å². The van der Waals surface area contributed by atoms with E-state index in [1.165, 1.54) is 18.5 Å². The maximum atomic E-state index is 5.16. The number of methoxy groups -OCH3 is 1. The Morgan fingerprint density at radius 2 is 1.94 bits per heavy atom. The molecule has 1 aromatic carbocycles. The topological polar surface area (TPSA) is 27.1 Å². The fourth-order valence-electron chi connectivity index (χ4n) is 2.19. The molecule has 3 heteroatoms. The van der Waals surface area contributed by atoms with Crippen molar-refractivity contribution in [3.63, 3.8) is 0 Å². The van der Waals surface area contributed by atoms with E-state index in [0.717, 1.165) is 23.1 Å². The van der Waals surface area contributed by atoms with E-state index < -0.39 is 0 Å². The van der Waals surface area contributed by atoms with Gasteiger partial charge in [0.25, 0.3) is 0 Å². The van der Waals surface area contributed by atoms with E-state index in [0.29, 0.717) is 0 Å². The number of ether oxygens (including phenoxy) is 1. The summed E-state index contributed by atoms with van der Waals surface area (Å²) in [5, 5.41) is 0. The van der Waals surface area contributed by atoms with Gasteiger partial charge >= 0.3 is 0 Å². The Morgan fingerprint density at radius 1 is 1.24 bits per heavy atom. The molecule has 0 N–H and O–H groups in total. The molecule has 0 unspecified atom stereocenters. The molecule has 1 aliphatic rings. The highest BCUT2D eigenvalue weighted by Crippen LogP contribution is 2.40. The Kier molecular flexibility index (Phi) is 2.39. The van der Waals surface area contributed by atoms with Gasteiger partial charge in [-0.25, -0.2) is 4.98 Å². The van der Waals surface area contributed by atoms with E-state index in [9.17, 15) is 0 Å². The molecular formula is C14H16N2O. The third-order valence-electron chi connectivity index (χ3n) is 3.37. The third kappa shape index (κ3) is 1.82. The van der Waals surface area contributed by atoms with E-state index in [-0.39, 0.29) is 0 Å². The second kappa shape index (κ2) is 3.91. The van der Waals surface area contributed by atoms with E-state index in [4.69, 9.17) is 4.74 Å². The Bertz CT molecular complexity index is 524. The number of hydrogen-bond acceptors (Lipinski definition) is 2. The summed E-state index contributed by atoms with van der Waals surface area (Å²) < 4.78 is 7.37. The Balaban J connectivity index is 1.96. The first kappa shape index (κ1) is 10.4. The lowest BCUT2D eigenvalue weighted by molar-refractivity contribution is 0.415. The van der Waals surface area contributed by atoms with Crippen molar-refractivity contribution >= 4 is 0 Å². The van der Waals surface area contributed by atoms with Crippen LogP contribution in [-0.2, 0) is 7.05 Å². The summed E-state index contributed by atoms with van der Waals surface area (Å²) in [6, 6.07) is 8.05. The van der Waals surface area contributed by atoms with Gasteiger partial charge in [0.2, 0.25) is 0 Å². The first-order valence-corrected chi connectivity index (χ1v) is 5.95. The van der Waals surface area contributed by atoms with E-state index >= 15 is 0 Å². The maximum absolute atomic E-state index is 5.16. The molecular weight excluding hydrogens is 212 g/mol. The van der Waals surface area contributed by atoms with Crippen molar-refractivity contribution in [2.45, 2.75) is 18.8 Å². The Morgan fingerprint density at radius 3 is 2.53 bits per heavy atom. The number of aromatic nitrogens is 2. The van der Waals surface area contributed by atoms with Gasteiger partial charge in [0.15, 0.2) is 0 Å². The molecule has 0 amide bonds. The van der Waals surface area contributed by atoms with Crippen molar-refractivity contribution < 1.29 is 4.74 Å². The zero-order chi connectivity index (χ0) is 11.8. The number of hydrogen-bond donors (Lipinski definition) is 0. The molecule has 1 heterocycles. The number of rotatable bonds is 3. The predicted octanol–water partition coefficient (Wildman–Crippen LogP) is 2.97. The molecule has 0 aliphatic heterocycles. The van der Waals surface area contributed by atoms with Gasteiger partial charge in [0, 0.05) is 30.4 Å². The molecule has 0 bridgehead atoms. The Hall–Kier alpha value is -1.77. The van der Waals surface area contributed by atoms with Crippen LogP contribution < -0.4 is 4.74 Å². The summed E-state index contributed by atoms with van der Waals surface area (Å²) in [5.74, 6) is 2.65. The van der Waals surface area contributed by atoms with Crippen molar-refractivity contribution in [1.29, 1.82) is 0 Å². The van der Waals surface area contributed by atoms with Gasteiger partial charge in [-0.2, -0.15) is 0 Å². The smallest absolute Gasteiger partial charge is 0.139 e. The molecule has 3 rings (SSSR count). The molecule has 0 radical (unpaired) electrons. The molecule has 0 atom stereocenters. The highest BCUT2D eigenvalue weighted by Gasteiger charge is 2.27. The first-order chi connectivity index (χ1) is 8.29. The summed E-state index contributed by atoms with van der Waals surface area (Å²) in [5.41, 5.74) is 2.50. The summed E-state index contributed by atoms with van der Waals surface area (Å²) in [7, 11) is 3.78. The SMILES string of the molecule is COc1ccc(-c2ncc(C3CC3)n2C)cc1. The van der Waals surface area contributed by atoms with Crippen LogP contribution in [0.4, 0.5) is 0 Å². The zero-order valence-corrected chi connectivity index (χ0v) is 10.2. The van der Waals surface area contributed by atoms with Gasteiger partial charge in [-0.15, -0.1) is 0 Å². The average molecular weight is 228 g/mol. The summed E-state index contributed by atoms with van der Waals surface area (Å²) in [4.78, 5) is 4.52. The largest absolute Gasteiger partial charge is 0.497 e. The van der Waals surface area contributed by atoms with Gasteiger partial charge in [-0.05, 0) is 37.1 Å². The molecule has 1 saturated carbocycles. The second-order valence-corrected chi connectivity index (χ2v) is 4.57. The van der Waals surface area contributed by atoms with Crippen LogP contribution in [0.3, 0.4) is 0 Å². The quantitative estimate of drug-likeness (QED) is 0.807. The van der Waals surface area contributed by atoms with Crippen molar-refractivity contribution in [3.05, 3.63) is 36.2 Å². The summed E-state index contributed by atoms with van der Waals surface area (Å²) >= 11 is 0. The van der Waals surface area contributed by atoms with Crippen LogP contribution in [0, 0.1) is 0 Å². The highest BCUT2D eigenvalue weighted by molar-refractivity contribution is 5.57. The van der Waals surface area contributed by atoms with Crippen LogP contribution in [0.1, 0.15) is 24.5 Å². The molecule has 88 valence electrons. The monoisotopic (exact) mass is 228 g/mol. The van der Waals surface area contributed by atoms with Crippen molar-refractivity contribution in [1.82, 2.24) is 9.55 Å². The van der Waals surface area contributed by atoms with E-state index in [1.54, 1.807) is 7.11 Å². The van der Waals surface area contributed by atoms with Gasteiger partial charge in [0.05, 0.1) is 7.11 Å². The standard InChI is InChI=1S/C14H16N2O/c1-16-13(10-3-4-10)9-15-14(16)11-5-7-12(17-2)8-6-11/h5-10H,3-4H2,1-2H3. The Labute approximate surface area is 101 Å². The molecule has 0 spiro atoms. The molecule has 0 saturated heterocycles.